The Balaban J connectivity index is 1.85. The first-order chi connectivity index (χ1) is 14.3. The van der Waals surface area contributed by atoms with Crippen LogP contribution in [0.5, 0.6) is 0 Å². The highest BCUT2D eigenvalue weighted by Crippen LogP contribution is 2.24. The van der Waals surface area contributed by atoms with Crippen LogP contribution >= 0.6 is 11.6 Å². The Kier molecular flexibility index (Phi) is 6.80. The second kappa shape index (κ2) is 9.32. The summed E-state index contributed by atoms with van der Waals surface area (Å²) >= 11 is 5.88. The molecule has 0 aliphatic heterocycles. The third-order valence-electron chi connectivity index (χ3n) is 4.59. The third kappa shape index (κ3) is 5.40. The number of aryl methyl sites for hydroxylation is 2. The van der Waals surface area contributed by atoms with Crippen molar-refractivity contribution in [3.05, 3.63) is 94.5 Å². The molecule has 0 aromatic heterocycles. The van der Waals surface area contributed by atoms with Gasteiger partial charge >= 0.3 is 0 Å². The molecule has 7 heteroatoms. The van der Waals surface area contributed by atoms with Crippen molar-refractivity contribution in [2.24, 2.45) is 0 Å². The van der Waals surface area contributed by atoms with E-state index in [2.05, 4.69) is 5.32 Å². The fourth-order valence-corrected chi connectivity index (χ4v) is 4.46. The molecule has 0 bridgehead atoms. The van der Waals surface area contributed by atoms with Gasteiger partial charge in [-0.2, -0.15) is 0 Å². The molecule has 0 unspecified atom stereocenters. The van der Waals surface area contributed by atoms with Gasteiger partial charge in [0.1, 0.15) is 6.54 Å². The summed E-state index contributed by atoms with van der Waals surface area (Å²) in [7, 11) is -3.92. The molecule has 0 saturated carbocycles. The highest BCUT2D eigenvalue weighted by molar-refractivity contribution is 7.92. The minimum atomic E-state index is -3.92. The van der Waals surface area contributed by atoms with Gasteiger partial charge in [-0.1, -0.05) is 53.6 Å². The molecule has 0 aliphatic carbocycles. The van der Waals surface area contributed by atoms with E-state index >= 15 is 0 Å². The number of carbonyl (C=O) groups excluding carboxylic acids is 1. The quantitative estimate of drug-likeness (QED) is 0.587. The summed E-state index contributed by atoms with van der Waals surface area (Å²) in [6.07, 6.45) is 0. The highest BCUT2D eigenvalue weighted by atomic mass is 35.5. The summed E-state index contributed by atoms with van der Waals surface area (Å²) in [4.78, 5) is 12.8. The van der Waals surface area contributed by atoms with Crippen LogP contribution in [0.4, 0.5) is 5.69 Å². The van der Waals surface area contributed by atoms with Crippen LogP contribution in [-0.2, 0) is 21.4 Å². The average molecular weight is 443 g/mol. The van der Waals surface area contributed by atoms with Crippen molar-refractivity contribution in [1.29, 1.82) is 0 Å². The largest absolute Gasteiger partial charge is 0.350 e. The standard InChI is InChI=1S/C23H23ClN2O3S/c1-17-6-12-22(13-7-17)30(28,29)26(21-5-3-4-18(2)14-21)16-23(27)25-15-19-8-10-20(24)11-9-19/h3-14H,15-16H2,1-2H3,(H,25,27). The van der Waals surface area contributed by atoms with Crippen LogP contribution in [0.3, 0.4) is 0 Å². The maximum absolute atomic E-state index is 13.3. The number of carbonyl (C=O) groups is 1. The van der Waals surface area contributed by atoms with Gasteiger partial charge < -0.3 is 5.32 Å². The van der Waals surface area contributed by atoms with Crippen molar-refractivity contribution in [3.8, 4) is 0 Å². The highest BCUT2D eigenvalue weighted by Gasteiger charge is 2.27. The van der Waals surface area contributed by atoms with Crippen molar-refractivity contribution in [1.82, 2.24) is 5.32 Å². The Morgan fingerprint density at radius 1 is 0.933 bits per heavy atom. The van der Waals surface area contributed by atoms with E-state index < -0.39 is 15.9 Å². The molecule has 156 valence electrons. The summed E-state index contributed by atoms with van der Waals surface area (Å²) in [5.41, 5.74) is 3.17. The topological polar surface area (TPSA) is 66.5 Å². The maximum atomic E-state index is 13.3. The summed E-state index contributed by atoms with van der Waals surface area (Å²) in [5, 5.41) is 3.39. The van der Waals surface area contributed by atoms with Crippen molar-refractivity contribution < 1.29 is 13.2 Å². The first-order valence-electron chi connectivity index (χ1n) is 9.43. The lowest BCUT2D eigenvalue weighted by molar-refractivity contribution is -0.119. The zero-order chi connectivity index (χ0) is 21.7. The first kappa shape index (κ1) is 21.9. The van der Waals surface area contributed by atoms with Gasteiger partial charge in [0.05, 0.1) is 10.6 Å². The Morgan fingerprint density at radius 2 is 1.60 bits per heavy atom. The smallest absolute Gasteiger partial charge is 0.264 e. The van der Waals surface area contributed by atoms with Gasteiger partial charge in [0.25, 0.3) is 10.0 Å². The minimum absolute atomic E-state index is 0.139. The second-order valence-electron chi connectivity index (χ2n) is 7.07. The van der Waals surface area contributed by atoms with Gasteiger partial charge in [0.15, 0.2) is 0 Å². The molecule has 0 radical (unpaired) electrons. The molecular weight excluding hydrogens is 420 g/mol. The van der Waals surface area contributed by atoms with E-state index in [0.29, 0.717) is 10.7 Å². The van der Waals surface area contributed by atoms with E-state index in [1.807, 2.05) is 32.0 Å². The number of sulfonamides is 1. The van der Waals surface area contributed by atoms with Crippen molar-refractivity contribution >= 4 is 33.2 Å². The molecule has 0 heterocycles. The van der Waals surface area contributed by atoms with Crippen LogP contribution in [0.2, 0.25) is 5.02 Å². The molecule has 3 aromatic carbocycles. The molecule has 0 fully saturated rings. The minimum Gasteiger partial charge on any atom is -0.350 e. The summed E-state index contributed by atoms with van der Waals surface area (Å²) in [6.45, 7) is 3.72. The number of rotatable bonds is 7. The third-order valence-corrected chi connectivity index (χ3v) is 6.63. The number of hydrogen-bond acceptors (Lipinski definition) is 3. The first-order valence-corrected chi connectivity index (χ1v) is 11.2. The van der Waals surface area contributed by atoms with Crippen LogP contribution in [-0.4, -0.2) is 20.9 Å². The van der Waals surface area contributed by atoms with Crippen LogP contribution in [0.15, 0.2) is 77.7 Å². The number of halogens is 1. The summed E-state index contributed by atoms with van der Waals surface area (Å²) in [5.74, 6) is -0.401. The fourth-order valence-electron chi connectivity index (χ4n) is 2.92. The van der Waals surface area contributed by atoms with Gasteiger partial charge in [-0.05, 0) is 61.4 Å². The lowest BCUT2D eigenvalue weighted by Gasteiger charge is -2.24. The van der Waals surface area contributed by atoms with Gasteiger partial charge in [-0.25, -0.2) is 8.42 Å². The molecule has 0 saturated heterocycles. The number of benzene rings is 3. The summed E-state index contributed by atoms with van der Waals surface area (Å²) < 4.78 is 27.8. The number of nitrogens with zero attached hydrogens (tertiary/aromatic N) is 1. The number of nitrogens with one attached hydrogen (secondary N) is 1. The number of amides is 1. The van der Waals surface area contributed by atoms with E-state index in [0.717, 1.165) is 21.0 Å². The van der Waals surface area contributed by atoms with Crippen LogP contribution in [0, 0.1) is 13.8 Å². The second-order valence-corrected chi connectivity index (χ2v) is 9.37. The molecule has 1 amide bonds. The molecular formula is C23H23ClN2O3S. The monoisotopic (exact) mass is 442 g/mol. The molecule has 0 spiro atoms. The van der Waals surface area contributed by atoms with Gasteiger partial charge in [0, 0.05) is 11.6 Å². The summed E-state index contributed by atoms with van der Waals surface area (Å²) in [6, 6.07) is 20.8. The van der Waals surface area contributed by atoms with Crippen molar-refractivity contribution in [2.45, 2.75) is 25.3 Å². The van der Waals surface area contributed by atoms with E-state index in [9.17, 15) is 13.2 Å². The zero-order valence-electron chi connectivity index (χ0n) is 16.8. The molecule has 30 heavy (non-hydrogen) atoms. The predicted molar refractivity (Wildman–Crippen MR) is 120 cm³/mol. The average Bonchev–Trinajstić information content (AvgIpc) is 2.72. The van der Waals surface area contributed by atoms with Crippen molar-refractivity contribution in [2.75, 3.05) is 10.8 Å². The Hall–Kier alpha value is -2.83. The van der Waals surface area contributed by atoms with Crippen LogP contribution in [0.25, 0.3) is 0 Å². The molecule has 3 rings (SSSR count). The lowest BCUT2D eigenvalue weighted by Crippen LogP contribution is -2.40. The predicted octanol–water partition coefficient (Wildman–Crippen LogP) is 4.47. The Labute approximate surface area is 182 Å². The SMILES string of the molecule is Cc1ccc(S(=O)(=O)N(CC(=O)NCc2ccc(Cl)cc2)c2cccc(C)c2)cc1. The Bertz CT molecular complexity index is 1130. The zero-order valence-corrected chi connectivity index (χ0v) is 18.4. The molecule has 5 nitrogen and oxygen atoms in total. The molecule has 3 aromatic rings. The van der Waals surface area contributed by atoms with E-state index in [1.54, 1.807) is 54.6 Å². The Morgan fingerprint density at radius 3 is 2.23 bits per heavy atom. The van der Waals surface area contributed by atoms with Crippen molar-refractivity contribution in [3.63, 3.8) is 0 Å². The molecule has 1 N–H and O–H groups in total. The van der Waals surface area contributed by atoms with E-state index in [-0.39, 0.29) is 18.0 Å². The molecule has 0 atom stereocenters. The van der Waals surface area contributed by atoms with Crippen LogP contribution in [0.1, 0.15) is 16.7 Å². The maximum Gasteiger partial charge on any atom is 0.264 e. The van der Waals surface area contributed by atoms with Crippen LogP contribution < -0.4 is 9.62 Å². The van der Waals surface area contributed by atoms with E-state index in [1.165, 1.54) is 0 Å². The normalized spacial score (nSPS) is 11.2. The van der Waals surface area contributed by atoms with Gasteiger partial charge in [-0.15, -0.1) is 0 Å². The number of anilines is 1. The fraction of sp³-hybridized carbons (Fsp3) is 0.174. The van der Waals surface area contributed by atoms with Gasteiger partial charge in [-0.3, -0.25) is 9.10 Å². The lowest BCUT2D eigenvalue weighted by atomic mass is 10.2. The van der Waals surface area contributed by atoms with E-state index in [4.69, 9.17) is 11.6 Å². The number of hydrogen-bond donors (Lipinski definition) is 1. The molecule has 0 aliphatic rings. The van der Waals surface area contributed by atoms with Gasteiger partial charge in [0.2, 0.25) is 5.91 Å².